The number of terminal acetylenes is 1. The molecule has 0 saturated heterocycles. The van der Waals surface area contributed by atoms with Crippen molar-refractivity contribution < 1.29 is 19.0 Å². The van der Waals surface area contributed by atoms with Gasteiger partial charge in [0.1, 0.15) is 5.56 Å². The smallest absolute Gasteiger partial charge is 0.358 e. The number of aromatic nitrogens is 2. The number of hydrogen-bond donors (Lipinski definition) is 0. The van der Waals surface area contributed by atoms with Gasteiger partial charge >= 0.3 is 12.0 Å². The molecule has 0 N–H and O–H groups in total. The summed E-state index contributed by atoms with van der Waals surface area (Å²) in [7, 11) is 3.97. The monoisotopic (exact) mass is 222 g/mol. The molecule has 0 aliphatic carbocycles. The van der Waals surface area contributed by atoms with Crippen molar-refractivity contribution in [3.63, 3.8) is 0 Å². The van der Waals surface area contributed by atoms with Crippen LogP contribution in [0.1, 0.15) is 16.1 Å². The first-order valence-electron chi connectivity index (χ1n) is 4.22. The number of nitrogens with zero attached hydrogens (tertiary/aromatic N) is 2. The maximum absolute atomic E-state index is 11.4. The second-order valence-electron chi connectivity index (χ2n) is 2.58. The van der Waals surface area contributed by atoms with Crippen molar-refractivity contribution in [2.75, 3.05) is 21.3 Å². The number of ether oxygens (including phenoxy) is 3. The van der Waals surface area contributed by atoms with E-state index in [0.717, 1.165) is 0 Å². The SMILES string of the molecule is C#Cc1c(OC)nc(OC)nc1C(=O)OC. The summed E-state index contributed by atoms with van der Waals surface area (Å²) in [6, 6.07) is -0.0174. The summed E-state index contributed by atoms with van der Waals surface area (Å²) >= 11 is 0. The molecule has 0 saturated carbocycles. The minimum Gasteiger partial charge on any atom is -0.480 e. The van der Waals surface area contributed by atoms with Gasteiger partial charge in [-0.05, 0) is 0 Å². The van der Waals surface area contributed by atoms with Gasteiger partial charge in [-0.3, -0.25) is 0 Å². The number of rotatable bonds is 3. The number of carbonyl (C=O) groups is 1. The van der Waals surface area contributed by atoms with E-state index >= 15 is 0 Å². The second-order valence-corrected chi connectivity index (χ2v) is 2.58. The predicted octanol–water partition coefficient (Wildman–Crippen LogP) is 0.262. The lowest BCUT2D eigenvalue weighted by Crippen LogP contribution is -2.11. The van der Waals surface area contributed by atoms with Crippen molar-refractivity contribution >= 4 is 5.97 Å². The molecule has 1 aromatic heterocycles. The molecule has 84 valence electrons. The van der Waals surface area contributed by atoms with E-state index in [1.54, 1.807) is 0 Å². The molecule has 16 heavy (non-hydrogen) atoms. The van der Waals surface area contributed by atoms with Crippen LogP contribution in [0.5, 0.6) is 11.9 Å². The van der Waals surface area contributed by atoms with Gasteiger partial charge in [-0.1, -0.05) is 5.92 Å². The molecule has 1 rings (SSSR count). The topological polar surface area (TPSA) is 70.5 Å². The van der Waals surface area contributed by atoms with E-state index in [0.29, 0.717) is 0 Å². The lowest BCUT2D eigenvalue weighted by Gasteiger charge is -2.08. The molecular formula is C10H10N2O4. The van der Waals surface area contributed by atoms with Gasteiger partial charge in [0.2, 0.25) is 5.88 Å². The van der Waals surface area contributed by atoms with Gasteiger partial charge in [-0.25, -0.2) is 4.79 Å². The van der Waals surface area contributed by atoms with E-state index in [9.17, 15) is 4.79 Å². The zero-order valence-corrected chi connectivity index (χ0v) is 9.10. The molecule has 0 amide bonds. The first kappa shape index (κ1) is 11.8. The predicted molar refractivity (Wildman–Crippen MR) is 54.4 cm³/mol. The molecule has 0 fully saturated rings. The maximum atomic E-state index is 11.4. The summed E-state index contributed by atoms with van der Waals surface area (Å²) in [5, 5.41) is 0. The summed E-state index contributed by atoms with van der Waals surface area (Å²) in [5.74, 6) is 1.69. The summed E-state index contributed by atoms with van der Waals surface area (Å²) in [4.78, 5) is 19.1. The third-order valence-electron chi connectivity index (χ3n) is 1.75. The van der Waals surface area contributed by atoms with Crippen LogP contribution in [-0.4, -0.2) is 37.3 Å². The molecule has 6 heteroatoms. The van der Waals surface area contributed by atoms with Crippen LogP contribution in [0.2, 0.25) is 0 Å². The average Bonchev–Trinajstić information content (AvgIpc) is 2.35. The van der Waals surface area contributed by atoms with Crippen LogP contribution in [0.15, 0.2) is 0 Å². The molecule has 0 unspecified atom stereocenters. The van der Waals surface area contributed by atoms with Gasteiger partial charge in [-0.15, -0.1) is 6.42 Å². The standard InChI is InChI=1S/C10H10N2O4/c1-5-6-7(9(13)15-3)11-10(16-4)12-8(6)14-2/h1H,2-4H3. The van der Waals surface area contributed by atoms with Crippen LogP contribution in [0.4, 0.5) is 0 Å². The number of esters is 1. The van der Waals surface area contributed by atoms with E-state index in [-0.39, 0.29) is 23.1 Å². The lowest BCUT2D eigenvalue weighted by molar-refractivity contribution is 0.0591. The summed E-state index contributed by atoms with van der Waals surface area (Å²) in [6.45, 7) is 0. The molecule has 1 aromatic rings. The fourth-order valence-electron chi connectivity index (χ4n) is 1.03. The summed E-state index contributed by atoms with van der Waals surface area (Å²) in [6.07, 6.45) is 5.25. The fraction of sp³-hybridized carbons (Fsp3) is 0.300. The first-order chi connectivity index (χ1) is 7.67. The molecule has 0 atom stereocenters. The molecule has 0 aromatic carbocycles. The lowest BCUT2D eigenvalue weighted by atomic mass is 10.2. The Bertz CT molecular complexity index is 451. The highest BCUT2D eigenvalue weighted by Crippen LogP contribution is 2.21. The van der Waals surface area contributed by atoms with Crippen molar-refractivity contribution in [2.24, 2.45) is 0 Å². The van der Waals surface area contributed by atoms with E-state index < -0.39 is 5.97 Å². The van der Waals surface area contributed by atoms with E-state index in [2.05, 4.69) is 20.6 Å². The molecule has 1 heterocycles. The van der Waals surface area contributed by atoms with E-state index in [1.165, 1.54) is 21.3 Å². The average molecular weight is 222 g/mol. The number of methoxy groups -OCH3 is 3. The quantitative estimate of drug-likeness (QED) is 0.539. The van der Waals surface area contributed by atoms with Crippen LogP contribution in [0.3, 0.4) is 0 Å². The normalized spacial score (nSPS) is 9.12. The van der Waals surface area contributed by atoms with Gasteiger partial charge < -0.3 is 14.2 Å². The van der Waals surface area contributed by atoms with Crippen LogP contribution < -0.4 is 9.47 Å². The van der Waals surface area contributed by atoms with Gasteiger partial charge in [0, 0.05) is 0 Å². The first-order valence-corrected chi connectivity index (χ1v) is 4.22. The summed E-state index contributed by atoms with van der Waals surface area (Å²) < 4.78 is 14.3. The minimum atomic E-state index is -0.674. The Morgan fingerprint density at radius 2 is 1.94 bits per heavy atom. The summed E-state index contributed by atoms with van der Waals surface area (Å²) in [5.41, 5.74) is 0.0730. The van der Waals surface area contributed by atoms with Crippen molar-refractivity contribution in [1.29, 1.82) is 0 Å². The fourth-order valence-corrected chi connectivity index (χ4v) is 1.03. The Hall–Kier alpha value is -2.29. The Kier molecular flexibility index (Phi) is 3.67. The molecule has 0 bridgehead atoms. The van der Waals surface area contributed by atoms with Crippen LogP contribution >= 0.6 is 0 Å². The van der Waals surface area contributed by atoms with Gasteiger partial charge in [-0.2, -0.15) is 9.97 Å². The van der Waals surface area contributed by atoms with Crippen LogP contribution in [0, 0.1) is 12.3 Å². The molecule has 0 aliphatic rings. The molecule has 6 nitrogen and oxygen atoms in total. The highest BCUT2D eigenvalue weighted by atomic mass is 16.5. The van der Waals surface area contributed by atoms with E-state index in [1.807, 2.05) is 0 Å². The zero-order valence-electron chi connectivity index (χ0n) is 9.10. The van der Waals surface area contributed by atoms with Crippen molar-refractivity contribution in [3.05, 3.63) is 11.3 Å². The third kappa shape index (κ3) is 2.03. The largest absolute Gasteiger partial charge is 0.480 e. The Balaban J connectivity index is 3.44. The Morgan fingerprint density at radius 3 is 2.38 bits per heavy atom. The van der Waals surface area contributed by atoms with Crippen LogP contribution in [-0.2, 0) is 4.74 Å². The molecular weight excluding hydrogens is 212 g/mol. The molecule has 0 spiro atoms. The maximum Gasteiger partial charge on any atom is 0.358 e. The van der Waals surface area contributed by atoms with Crippen LogP contribution in [0.25, 0.3) is 0 Å². The number of hydrogen-bond acceptors (Lipinski definition) is 6. The van der Waals surface area contributed by atoms with Crippen molar-refractivity contribution in [2.45, 2.75) is 0 Å². The van der Waals surface area contributed by atoms with Gasteiger partial charge in [0.05, 0.1) is 21.3 Å². The van der Waals surface area contributed by atoms with Gasteiger partial charge in [0.15, 0.2) is 5.69 Å². The van der Waals surface area contributed by atoms with E-state index in [4.69, 9.17) is 15.9 Å². The minimum absolute atomic E-state index is 0.0174. The van der Waals surface area contributed by atoms with Gasteiger partial charge in [0.25, 0.3) is 0 Å². The number of carbonyl (C=O) groups excluding carboxylic acids is 1. The Morgan fingerprint density at radius 1 is 1.25 bits per heavy atom. The van der Waals surface area contributed by atoms with Crippen molar-refractivity contribution in [1.82, 2.24) is 9.97 Å². The zero-order chi connectivity index (χ0) is 12.1. The second kappa shape index (κ2) is 4.98. The third-order valence-corrected chi connectivity index (χ3v) is 1.75. The highest BCUT2D eigenvalue weighted by molar-refractivity contribution is 5.90. The Labute approximate surface area is 92.6 Å². The molecule has 0 radical (unpaired) electrons. The highest BCUT2D eigenvalue weighted by Gasteiger charge is 2.20. The molecule has 0 aliphatic heterocycles. The van der Waals surface area contributed by atoms with Crippen molar-refractivity contribution in [3.8, 4) is 24.2 Å².